The first kappa shape index (κ1) is 11.5. The minimum absolute atomic E-state index is 0.174. The first-order valence-electron chi connectivity index (χ1n) is 4.65. The standard InChI is InChI=1S/C10H20O2/c1-8(2)7-9(3)5-6-12-10(4)11/h8-9H,5-7H2,1-4H3. The molecule has 0 heterocycles. The Balaban J connectivity index is 3.31. The van der Waals surface area contributed by atoms with E-state index in [2.05, 4.69) is 20.8 Å². The molecular formula is C10H20O2. The van der Waals surface area contributed by atoms with E-state index in [1.165, 1.54) is 13.3 Å². The van der Waals surface area contributed by atoms with E-state index in [4.69, 9.17) is 4.74 Å². The highest BCUT2D eigenvalue weighted by atomic mass is 16.5. The molecule has 0 aromatic heterocycles. The van der Waals surface area contributed by atoms with Crippen molar-refractivity contribution in [1.29, 1.82) is 0 Å². The summed E-state index contributed by atoms with van der Waals surface area (Å²) < 4.78 is 4.86. The molecule has 0 bridgehead atoms. The van der Waals surface area contributed by atoms with E-state index in [1.54, 1.807) is 0 Å². The Morgan fingerprint density at radius 1 is 1.33 bits per heavy atom. The molecule has 1 atom stereocenters. The van der Waals surface area contributed by atoms with Gasteiger partial charge in [0.15, 0.2) is 0 Å². The Labute approximate surface area is 75.3 Å². The van der Waals surface area contributed by atoms with Crippen molar-refractivity contribution in [2.24, 2.45) is 11.8 Å². The molecule has 0 aliphatic carbocycles. The molecule has 0 fully saturated rings. The molecule has 0 spiro atoms. The van der Waals surface area contributed by atoms with Gasteiger partial charge in [0.2, 0.25) is 0 Å². The van der Waals surface area contributed by atoms with Crippen molar-refractivity contribution in [3.63, 3.8) is 0 Å². The van der Waals surface area contributed by atoms with E-state index in [9.17, 15) is 4.79 Å². The van der Waals surface area contributed by atoms with Gasteiger partial charge >= 0.3 is 5.97 Å². The van der Waals surface area contributed by atoms with Gasteiger partial charge in [-0.25, -0.2) is 0 Å². The second-order valence-corrected chi connectivity index (χ2v) is 3.86. The van der Waals surface area contributed by atoms with Crippen LogP contribution in [0.2, 0.25) is 0 Å². The molecule has 2 heteroatoms. The Kier molecular flexibility index (Phi) is 5.77. The zero-order chi connectivity index (χ0) is 9.56. The van der Waals surface area contributed by atoms with Crippen LogP contribution in [0.3, 0.4) is 0 Å². The highest BCUT2D eigenvalue weighted by Gasteiger charge is 2.05. The summed E-state index contributed by atoms with van der Waals surface area (Å²) >= 11 is 0. The summed E-state index contributed by atoms with van der Waals surface area (Å²) in [5.74, 6) is 1.22. The third kappa shape index (κ3) is 7.58. The highest BCUT2D eigenvalue weighted by Crippen LogP contribution is 2.14. The van der Waals surface area contributed by atoms with Gasteiger partial charge in [-0.1, -0.05) is 20.8 Å². The van der Waals surface area contributed by atoms with Crippen molar-refractivity contribution in [2.45, 2.75) is 40.5 Å². The van der Waals surface area contributed by atoms with Gasteiger partial charge < -0.3 is 4.74 Å². The summed E-state index contributed by atoms with van der Waals surface area (Å²) in [5, 5.41) is 0. The predicted molar refractivity (Wildman–Crippen MR) is 49.9 cm³/mol. The normalized spacial score (nSPS) is 13.1. The number of hydrogen-bond acceptors (Lipinski definition) is 2. The molecule has 0 aliphatic heterocycles. The first-order valence-corrected chi connectivity index (χ1v) is 4.65. The molecule has 0 N–H and O–H groups in total. The lowest BCUT2D eigenvalue weighted by molar-refractivity contribution is -0.141. The predicted octanol–water partition coefficient (Wildman–Crippen LogP) is 2.62. The van der Waals surface area contributed by atoms with Crippen LogP contribution in [0.5, 0.6) is 0 Å². The van der Waals surface area contributed by atoms with Crippen molar-refractivity contribution in [3.8, 4) is 0 Å². The molecule has 0 saturated heterocycles. The molecule has 0 aromatic carbocycles. The average Bonchev–Trinajstić information content (AvgIpc) is 1.84. The quantitative estimate of drug-likeness (QED) is 0.596. The smallest absolute Gasteiger partial charge is 0.302 e. The number of ether oxygens (including phenoxy) is 1. The number of carbonyl (C=O) groups is 1. The second kappa shape index (κ2) is 6.04. The van der Waals surface area contributed by atoms with Crippen LogP contribution in [0.15, 0.2) is 0 Å². The number of hydrogen-bond donors (Lipinski definition) is 0. The highest BCUT2D eigenvalue weighted by molar-refractivity contribution is 5.65. The van der Waals surface area contributed by atoms with Crippen molar-refractivity contribution in [3.05, 3.63) is 0 Å². The minimum Gasteiger partial charge on any atom is -0.466 e. The van der Waals surface area contributed by atoms with E-state index < -0.39 is 0 Å². The molecule has 0 amide bonds. The Hall–Kier alpha value is -0.530. The van der Waals surface area contributed by atoms with E-state index in [0.29, 0.717) is 12.5 Å². The topological polar surface area (TPSA) is 26.3 Å². The molecule has 12 heavy (non-hydrogen) atoms. The molecule has 0 aliphatic rings. The minimum atomic E-state index is -0.174. The number of esters is 1. The molecule has 2 nitrogen and oxygen atoms in total. The van der Waals surface area contributed by atoms with Crippen molar-refractivity contribution >= 4 is 5.97 Å². The van der Waals surface area contributed by atoms with Crippen LogP contribution >= 0.6 is 0 Å². The lowest BCUT2D eigenvalue weighted by Crippen LogP contribution is -2.07. The zero-order valence-electron chi connectivity index (χ0n) is 8.59. The van der Waals surface area contributed by atoms with Crippen LogP contribution in [0.25, 0.3) is 0 Å². The van der Waals surface area contributed by atoms with E-state index in [-0.39, 0.29) is 5.97 Å². The van der Waals surface area contributed by atoms with Gasteiger partial charge in [0.05, 0.1) is 6.61 Å². The maximum atomic E-state index is 10.4. The van der Waals surface area contributed by atoms with Crippen molar-refractivity contribution in [2.75, 3.05) is 6.61 Å². The second-order valence-electron chi connectivity index (χ2n) is 3.86. The molecule has 0 rings (SSSR count). The fourth-order valence-corrected chi connectivity index (χ4v) is 1.33. The fraction of sp³-hybridized carbons (Fsp3) is 0.900. The van der Waals surface area contributed by atoms with Crippen LogP contribution in [0, 0.1) is 11.8 Å². The lowest BCUT2D eigenvalue weighted by Gasteiger charge is -2.12. The van der Waals surface area contributed by atoms with Crippen LogP contribution < -0.4 is 0 Å². The summed E-state index contributed by atoms with van der Waals surface area (Å²) in [4.78, 5) is 10.4. The largest absolute Gasteiger partial charge is 0.466 e. The summed E-state index contributed by atoms with van der Waals surface area (Å²) in [6, 6.07) is 0. The average molecular weight is 172 g/mol. The molecule has 1 unspecified atom stereocenters. The van der Waals surface area contributed by atoms with Gasteiger partial charge in [0.1, 0.15) is 0 Å². The summed E-state index contributed by atoms with van der Waals surface area (Å²) in [6.07, 6.45) is 2.19. The zero-order valence-corrected chi connectivity index (χ0v) is 8.59. The van der Waals surface area contributed by atoms with Crippen LogP contribution in [-0.4, -0.2) is 12.6 Å². The van der Waals surface area contributed by atoms with Crippen LogP contribution in [0.4, 0.5) is 0 Å². The van der Waals surface area contributed by atoms with Crippen molar-refractivity contribution < 1.29 is 9.53 Å². The first-order chi connectivity index (χ1) is 5.52. The van der Waals surface area contributed by atoms with Gasteiger partial charge in [-0.2, -0.15) is 0 Å². The van der Waals surface area contributed by atoms with Crippen LogP contribution in [-0.2, 0) is 9.53 Å². The number of carbonyl (C=O) groups excluding carboxylic acids is 1. The van der Waals surface area contributed by atoms with Gasteiger partial charge in [-0.05, 0) is 24.7 Å². The van der Waals surface area contributed by atoms with Gasteiger partial charge in [0.25, 0.3) is 0 Å². The monoisotopic (exact) mass is 172 g/mol. The SMILES string of the molecule is CC(=O)OCCC(C)CC(C)C. The Bertz CT molecular complexity index is 130. The molecule has 0 radical (unpaired) electrons. The Morgan fingerprint density at radius 2 is 1.92 bits per heavy atom. The molecule has 0 saturated carbocycles. The third-order valence-electron chi connectivity index (χ3n) is 1.79. The Morgan fingerprint density at radius 3 is 2.33 bits per heavy atom. The van der Waals surface area contributed by atoms with Gasteiger partial charge in [-0.3, -0.25) is 4.79 Å². The maximum absolute atomic E-state index is 10.4. The summed E-state index contributed by atoms with van der Waals surface area (Å²) in [6.45, 7) is 8.64. The third-order valence-corrected chi connectivity index (χ3v) is 1.79. The fourth-order valence-electron chi connectivity index (χ4n) is 1.33. The van der Waals surface area contributed by atoms with E-state index in [1.807, 2.05) is 0 Å². The van der Waals surface area contributed by atoms with Gasteiger partial charge in [-0.15, -0.1) is 0 Å². The van der Waals surface area contributed by atoms with Crippen molar-refractivity contribution in [1.82, 2.24) is 0 Å². The molecule has 0 aromatic rings. The van der Waals surface area contributed by atoms with Crippen LogP contribution in [0.1, 0.15) is 40.5 Å². The van der Waals surface area contributed by atoms with Gasteiger partial charge in [0, 0.05) is 6.92 Å². The summed E-state index contributed by atoms with van der Waals surface area (Å²) in [7, 11) is 0. The van der Waals surface area contributed by atoms with E-state index in [0.717, 1.165) is 12.3 Å². The molecular weight excluding hydrogens is 152 g/mol. The maximum Gasteiger partial charge on any atom is 0.302 e. The lowest BCUT2D eigenvalue weighted by atomic mass is 9.96. The summed E-state index contributed by atoms with van der Waals surface area (Å²) in [5.41, 5.74) is 0. The molecule has 72 valence electrons. The van der Waals surface area contributed by atoms with E-state index >= 15 is 0 Å². The number of rotatable bonds is 5.